The summed E-state index contributed by atoms with van der Waals surface area (Å²) < 4.78 is 0. The van der Waals surface area contributed by atoms with Gasteiger partial charge in [-0.15, -0.1) is 0 Å². The van der Waals surface area contributed by atoms with Crippen molar-refractivity contribution >= 4 is 17.9 Å². The molecule has 0 fully saturated rings. The van der Waals surface area contributed by atoms with Gasteiger partial charge >= 0.3 is 17.9 Å². The number of carbonyl (C=O) groups is 3. The second-order valence-corrected chi connectivity index (χ2v) is 2.24. The van der Waals surface area contributed by atoms with Crippen LogP contribution in [0.3, 0.4) is 0 Å². The standard InChI is InChI=1S/3C3H6O2.La/c3*1-2-3(4)5;/h3*2H2,1H3,(H,4,5);. The summed E-state index contributed by atoms with van der Waals surface area (Å²) in [5, 5.41) is 23.2. The number of aliphatic carboxylic acids is 3. The van der Waals surface area contributed by atoms with Gasteiger partial charge in [-0.25, -0.2) is 0 Å². The smallest absolute Gasteiger partial charge is 0.303 e. The van der Waals surface area contributed by atoms with E-state index in [-0.39, 0.29) is 54.9 Å². The Morgan fingerprint density at radius 2 is 0.750 bits per heavy atom. The number of carboxylic acids is 3. The quantitative estimate of drug-likeness (QED) is 0.702. The van der Waals surface area contributed by atoms with Crippen molar-refractivity contribution in [2.24, 2.45) is 0 Å². The molecule has 0 spiro atoms. The van der Waals surface area contributed by atoms with Gasteiger partial charge in [0.25, 0.3) is 0 Å². The van der Waals surface area contributed by atoms with Crippen molar-refractivity contribution in [3.8, 4) is 0 Å². The van der Waals surface area contributed by atoms with Gasteiger partial charge in [-0.2, -0.15) is 0 Å². The largest absolute Gasteiger partial charge is 0.481 e. The molecule has 7 heteroatoms. The number of hydrogen-bond acceptors (Lipinski definition) is 3. The van der Waals surface area contributed by atoms with Gasteiger partial charge in [0, 0.05) is 54.9 Å². The normalized spacial score (nSPS) is 6.94. The molecule has 0 rings (SSSR count). The third kappa shape index (κ3) is 68.8. The number of hydrogen-bond donors (Lipinski definition) is 3. The molecule has 0 aromatic rings. The maximum Gasteiger partial charge on any atom is 0.303 e. The number of carboxylic acid groups (broad SMARTS) is 3. The van der Waals surface area contributed by atoms with Crippen LogP contribution < -0.4 is 0 Å². The molecule has 0 aromatic heterocycles. The predicted molar refractivity (Wildman–Crippen MR) is 53.8 cm³/mol. The van der Waals surface area contributed by atoms with Crippen molar-refractivity contribution < 1.29 is 65.3 Å². The van der Waals surface area contributed by atoms with Crippen LogP contribution >= 0.6 is 0 Å². The monoisotopic (exact) mass is 361 g/mol. The Morgan fingerprint density at radius 3 is 0.750 bits per heavy atom. The molecule has 0 heterocycles. The fourth-order valence-corrected chi connectivity index (χ4v) is 0. The van der Waals surface area contributed by atoms with Gasteiger partial charge in [0.1, 0.15) is 0 Å². The molecule has 0 unspecified atom stereocenters. The second kappa shape index (κ2) is 20.1. The Balaban J connectivity index is -0.0000000655. The fraction of sp³-hybridized carbons (Fsp3) is 0.667. The molecule has 0 amide bonds. The van der Waals surface area contributed by atoms with E-state index in [4.69, 9.17) is 15.3 Å². The molecule has 0 aromatic carbocycles. The van der Waals surface area contributed by atoms with E-state index in [1.165, 1.54) is 0 Å². The second-order valence-electron chi connectivity index (χ2n) is 2.24. The van der Waals surface area contributed by atoms with E-state index in [9.17, 15) is 14.4 Å². The van der Waals surface area contributed by atoms with Crippen LogP contribution in [0.1, 0.15) is 40.0 Å². The summed E-state index contributed by atoms with van der Waals surface area (Å²) in [5.74, 6) is -2.24. The summed E-state index contributed by atoms with van der Waals surface area (Å²) in [4.78, 5) is 28.1. The molecule has 0 aliphatic carbocycles. The van der Waals surface area contributed by atoms with E-state index in [0.717, 1.165) is 0 Å². The third-order valence-electron chi connectivity index (χ3n) is 0.907. The first-order valence-corrected chi connectivity index (χ1v) is 4.47. The van der Waals surface area contributed by atoms with Crippen LogP contribution in [0, 0.1) is 35.6 Å². The van der Waals surface area contributed by atoms with Crippen LogP contribution in [0.4, 0.5) is 0 Å². The maximum absolute atomic E-state index is 9.37. The van der Waals surface area contributed by atoms with Crippen LogP contribution in [0.5, 0.6) is 0 Å². The first-order valence-electron chi connectivity index (χ1n) is 4.47. The van der Waals surface area contributed by atoms with E-state index in [1.807, 2.05) is 0 Å². The van der Waals surface area contributed by atoms with Gasteiger partial charge in [0.15, 0.2) is 0 Å². The third-order valence-corrected chi connectivity index (χ3v) is 0.907. The average Bonchev–Trinajstić information content (AvgIpc) is 2.19. The van der Waals surface area contributed by atoms with Crippen molar-refractivity contribution in [2.75, 3.05) is 0 Å². The topological polar surface area (TPSA) is 112 Å². The minimum absolute atomic E-state index is 0. The zero-order valence-electron chi connectivity index (χ0n) is 9.77. The first kappa shape index (κ1) is 24.7. The Labute approximate surface area is 123 Å². The summed E-state index contributed by atoms with van der Waals surface area (Å²) >= 11 is 0. The molecule has 1 radical (unpaired) electrons. The Kier molecular flexibility index (Phi) is 31.0. The Hall–Kier alpha value is -0.395. The predicted octanol–water partition coefficient (Wildman–Crippen LogP) is 1.44. The molecule has 0 aliphatic rings. The van der Waals surface area contributed by atoms with Crippen LogP contribution in [0.15, 0.2) is 0 Å². The van der Waals surface area contributed by atoms with E-state index >= 15 is 0 Å². The molecular formula is C9H18LaO6. The van der Waals surface area contributed by atoms with Crippen LogP contribution in [0.25, 0.3) is 0 Å². The number of rotatable bonds is 3. The summed E-state index contributed by atoms with van der Waals surface area (Å²) in [6, 6.07) is 0. The van der Waals surface area contributed by atoms with Crippen molar-refractivity contribution in [2.45, 2.75) is 40.0 Å². The fourth-order valence-electron chi connectivity index (χ4n) is 0. The van der Waals surface area contributed by atoms with E-state index < -0.39 is 17.9 Å². The average molecular weight is 361 g/mol. The van der Waals surface area contributed by atoms with E-state index in [0.29, 0.717) is 0 Å². The van der Waals surface area contributed by atoms with Gasteiger partial charge in [0.05, 0.1) is 0 Å². The van der Waals surface area contributed by atoms with Gasteiger partial charge in [0.2, 0.25) is 0 Å². The summed E-state index contributed by atoms with van der Waals surface area (Å²) in [7, 11) is 0. The van der Waals surface area contributed by atoms with Gasteiger partial charge < -0.3 is 15.3 Å². The maximum atomic E-state index is 9.37. The zero-order valence-corrected chi connectivity index (χ0v) is 13.4. The summed E-state index contributed by atoms with van der Waals surface area (Å²) in [6.45, 7) is 4.80. The molecule has 3 N–H and O–H groups in total. The van der Waals surface area contributed by atoms with Crippen LogP contribution in [-0.2, 0) is 14.4 Å². The SMILES string of the molecule is CCC(=O)O.CCC(=O)O.CCC(=O)O.[La]. The Bertz CT molecular complexity index is 159. The molecule has 0 atom stereocenters. The molecule has 0 bridgehead atoms. The first-order chi connectivity index (χ1) is 6.81. The van der Waals surface area contributed by atoms with Crippen LogP contribution in [-0.4, -0.2) is 33.2 Å². The van der Waals surface area contributed by atoms with Crippen molar-refractivity contribution in [1.29, 1.82) is 0 Å². The molecule has 0 saturated heterocycles. The Morgan fingerprint density at radius 1 is 0.688 bits per heavy atom. The van der Waals surface area contributed by atoms with Crippen molar-refractivity contribution in [3.05, 3.63) is 0 Å². The van der Waals surface area contributed by atoms with Crippen LogP contribution in [0.2, 0.25) is 0 Å². The van der Waals surface area contributed by atoms with E-state index in [2.05, 4.69) is 0 Å². The van der Waals surface area contributed by atoms with Gasteiger partial charge in [-0.3, -0.25) is 14.4 Å². The minimum atomic E-state index is -0.745. The van der Waals surface area contributed by atoms with Crippen molar-refractivity contribution in [1.82, 2.24) is 0 Å². The zero-order chi connectivity index (χ0) is 12.9. The molecule has 0 aliphatic heterocycles. The molecule has 6 nitrogen and oxygen atoms in total. The molecular weight excluding hydrogens is 343 g/mol. The summed E-state index contributed by atoms with van der Waals surface area (Å²) in [5.41, 5.74) is 0. The van der Waals surface area contributed by atoms with Gasteiger partial charge in [-0.1, -0.05) is 20.8 Å². The molecule has 0 saturated carbocycles. The van der Waals surface area contributed by atoms with Gasteiger partial charge in [-0.05, 0) is 0 Å². The molecule has 16 heavy (non-hydrogen) atoms. The molecule has 93 valence electrons. The minimum Gasteiger partial charge on any atom is -0.481 e. The summed E-state index contributed by atoms with van der Waals surface area (Å²) in [6.07, 6.45) is 0.667. The van der Waals surface area contributed by atoms with E-state index in [1.54, 1.807) is 20.8 Å². The van der Waals surface area contributed by atoms with Crippen molar-refractivity contribution in [3.63, 3.8) is 0 Å².